The molecule has 0 fully saturated rings. The summed E-state index contributed by atoms with van der Waals surface area (Å²) in [6.07, 6.45) is 7.01. The van der Waals surface area contributed by atoms with Gasteiger partial charge in [0.25, 0.3) is 0 Å². The van der Waals surface area contributed by atoms with Gasteiger partial charge in [0.15, 0.2) is 0 Å². The average Bonchev–Trinajstić information content (AvgIpc) is 3.19. The fourth-order valence-corrected chi connectivity index (χ4v) is 3.90. The van der Waals surface area contributed by atoms with Gasteiger partial charge in [0.1, 0.15) is 11.5 Å². The number of aryl methyl sites for hydroxylation is 1. The molecule has 0 radical (unpaired) electrons. The molecule has 0 saturated heterocycles. The highest BCUT2D eigenvalue weighted by atomic mass is 32.1. The molecular formula is C26H25FN4OS. The molecule has 33 heavy (non-hydrogen) atoms. The van der Waals surface area contributed by atoms with Gasteiger partial charge in [0, 0.05) is 52.1 Å². The molecule has 0 aliphatic heterocycles. The summed E-state index contributed by atoms with van der Waals surface area (Å²) in [5.41, 5.74) is 5.57. The van der Waals surface area contributed by atoms with Crippen LogP contribution in [0.5, 0.6) is 0 Å². The summed E-state index contributed by atoms with van der Waals surface area (Å²) >= 11 is 4.48. The highest BCUT2D eigenvalue weighted by molar-refractivity contribution is 7.80. The number of rotatable bonds is 6. The SMILES string of the molecule is Cc1cc(-c2c[nH]c3ncc(-c4cccc(NC(=O)/C=C/CN(C)C)c4)cc23)c(S)cc1F. The molecule has 168 valence electrons. The molecule has 0 spiro atoms. The van der Waals surface area contributed by atoms with Crippen molar-refractivity contribution in [2.45, 2.75) is 11.8 Å². The minimum atomic E-state index is -0.280. The summed E-state index contributed by atoms with van der Waals surface area (Å²) in [6.45, 7) is 2.43. The molecule has 0 aliphatic carbocycles. The van der Waals surface area contributed by atoms with Crippen molar-refractivity contribution in [3.63, 3.8) is 0 Å². The van der Waals surface area contributed by atoms with Crippen LogP contribution in [-0.4, -0.2) is 41.4 Å². The molecule has 2 aromatic carbocycles. The first kappa shape index (κ1) is 22.8. The second-order valence-electron chi connectivity index (χ2n) is 8.18. The molecule has 0 aliphatic rings. The van der Waals surface area contributed by atoms with E-state index in [1.807, 2.05) is 61.6 Å². The normalized spacial score (nSPS) is 11.6. The molecule has 2 N–H and O–H groups in total. The Morgan fingerprint density at radius 1 is 1.18 bits per heavy atom. The highest BCUT2D eigenvalue weighted by Crippen LogP contribution is 2.35. The molecule has 0 saturated carbocycles. The summed E-state index contributed by atoms with van der Waals surface area (Å²) in [6, 6.07) is 12.9. The number of amides is 1. The lowest BCUT2D eigenvalue weighted by Gasteiger charge is -2.09. The van der Waals surface area contributed by atoms with E-state index < -0.39 is 0 Å². The topological polar surface area (TPSA) is 61.0 Å². The third kappa shape index (κ3) is 5.16. The van der Waals surface area contributed by atoms with Crippen molar-refractivity contribution in [1.29, 1.82) is 0 Å². The molecule has 0 atom stereocenters. The summed E-state index contributed by atoms with van der Waals surface area (Å²) in [7, 11) is 3.89. The van der Waals surface area contributed by atoms with Crippen LogP contribution < -0.4 is 5.32 Å². The Hall–Kier alpha value is -3.42. The molecule has 4 rings (SSSR count). The summed E-state index contributed by atoms with van der Waals surface area (Å²) in [5, 5.41) is 3.81. The van der Waals surface area contributed by atoms with Gasteiger partial charge in [-0.2, -0.15) is 0 Å². The van der Waals surface area contributed by atoms with Crippen molar-refractivity contribution in [2.75, 3.05) is 26.0 Å². The van der Waals surface area contributed by atoms with Gasteiger partial charge in [-0.05, 0) is 68.0 Å². The number of fused-ring (bicyclic) bond motifs is 1. The zero-order chi connectivity index (χ0) is 23.5. The van der Waals surface area contributed by atoms with Crippen molar-refractivity contribution in [1.82, 2.24) is 14.9 Å². The first-order chi connectivity index (χ1) is 15.8. The maximum absolute atomic E-state index is 13.9. The van der Waals surface area contributed by atoms with Crippen LogP contribution in [0.2, 0.25) is 0 Å². The van der Waals surface area contributed by atoms with Gasteiger partial charge in [0.2, 0.25) is 5.91 Å². The van der Waals surface area contributed by atoms with Gasteiger partial charge in [-0.3, -0.25) is 4.79 Å². The van der Waals surface area contributed by atoms with E-state index in [0.29, 0.717) is 22.7 Å². The number of likely N-dealkylation sites (N-methyl/N-ethyl adjacent to an activating group) is 1. The smallest absolute Gasteiger partial charge is 0.248 e. The van der Waals surface area contributed by atoms with Crippen LogP contribution in [0.3, 0.4) is 0 Å². The van der Waals surface area contributed by atoms with E-state index in [0.717, 1.165) is 33.3 Å². The molecule has 7 heteroatoms. The predicted molar refractivity (Wildman–Crippen MR) is 135 cm³/mol. The maximum atomic E-state index is 13.9. The van der Waals surface area contributed by atoms with Crippen molar-refractivity contribution < 1.29 is 9.18 Å². The van der Waals surface area contributed by atoms with E-state index in [9.17, 15) is 9.18 Å². The second-order valence-corrected chi connectivity index (χ2v) is 8.66. The van der Waals surface area contributed by atoms with Crippen LogP contribution >= 0.6 is 12.6 Å². The van der Waals surface area contributed by atoms with Gasteiger partial charge in [-0.1, -0.05) is 18.2 Å². The van der Waals surface area contributed by atoms with E-state index in [1.54, 1.807) is 19.2 Å². The molecule has 5 nitrogen and oxygen atoms in total. The monoisotopic (exact) mass is 460 g/mol. The van der Waals surface area contributed by atoms with E-state index in [-0.39, 0.29) is 11.7 Å². The molecule has 0 bridgehead atoms. The number of halogens is 1. The number of thiol groups is 1. The van der Waals surface area contributed by atoms with E-state index >= 15 is 0 Å². The number of nitrogens with one attached hydrogen (secondary N) is 2. The second kappa shape index (κ2) is 9.60. The Bertz CT molecular complexity index is 1360. The standard InChI is InChI=1S/C26H25FN4OS/c1-16-10-20(24(33)13-23(16)27)22-15-29-26-21(22)12-18(14-28-26)17-6-4-7-19(11-17)30-25(32)8-5-9-31(2)3/h4-8,10-15,33H,9H2,1-3H3,(H,28,29)(H,30,32)/b8-5+. The number of aromatic nitrogens is 2. The number of nitrogens with zero attached hydrogens (tertiary/aromatic N) is 2. The third-order valence-corrected chi connectivity index (χ3v) is 5.67. The van der Waals surface area contributed by atoms with Gasteiger partial charge in [-0.15, -0.1) is 12.6 Å². The van der Waals surface area contributed by atoms with Crippen LogP contribution in [0.15, 0.2) is 71.9 Å². The van der Waals surface area contributed by atoms with Crippen LogP contribution in [0.25, 0.3) is 33.3 Å². The fourth-order valence-electron chi connectivity index (χ4n) is 3.60. The predicted octanol–water partition coefficient (Wildman–Crippen LogP) is 5.69. The molecule has 0 unspecified atom stereocenters. The Labute approximate surface area is 197 Å². The number of benzene rings is 2. The Kier molecular flexibility index (Phi) is 6.62. The van der Waals surface area contributed by atoms with Gasteiger partial charge in [0.05, 0.1) is 0 Å². The lowest BCUT2D eigenvalue weighted by Crippen LogP contribution is -2.12. The van der Waals surface area contributed by atoms with Crippen molar-refractivity contribution in [2.24, 2.45) is 0 Å². The number of carbonyl (C=O) groups is 1. The molecule has 2 heterocycles. The minimum absolute atomic E-state index is 0.177. The lowest BCUT2D eigenvalue weighted by molar-refractivity contribution is -0.111. The summed E-state index contributed by atoms with van der Waals surface area (Å²) in [4.78, 5) is 22.5. The number of H-pyrrole nitrogens is 1. The first-order valence-electron chi connectivity index (χ1n) is 10.5. The maximum Gasteiger partial charge on any atom is 0.248 e. The van der Waals surface area contributed by atoms with Gasteiger partial charge < -0.3 is 15.2 Å². The van der Waals surface area contributed by atoms with Crippen molar-refractivity contribution >= 4 is 35.3 Å². The van der Waals surface area contributed by atoms with Gasteiger partial charge in [-0.25, -0.2) is 9.37 Å². The van der Waals surface area contributed by atoms with E-state index in [4.69, 9.17) is 0 Å². The lowest BCUT2D eigenvalue weighted by atomic mass is 10.0. The number of carbonyl (C=O) groups excluding carboxylic acids is 1. The van der Waals surface area contributed by atoms with Crippen LogP contribution in [0.4, 0.5) is 10.1 Å². The van der Waals surface area contributed by atoms with Gasteiger partial charge >= 0.3 is 0 Å². The molecule has 2 aromatic heterocycles. The average molecular weight is 461 g/mol. The Morgan fingerprint density at radius 3 is 2.79 bits per heavy atom. The molecule has 4 aromatic rings. The Morgan fingerprint density at radius 2 is 2.00 bits per heavy atom. The van der Waals surface area contributed by atoms with E-state index in [1.165, 1.54) is 12.1 Å². The number of hydrogen-bond acceptors (Lipinski definition) is 4. The van der Waals surface area contributed by atoms with Crippen LogP contribution in [0.1, 0.15) is 5.56 Å². The fraction of sp³-hybridized carbons (Fsp3) is 0.154. The minimum Gasteiger partial charge on any atom is -0.346 e. The number of anilines is 1. The van der Waals surface area contributed by atoms with Crippen LogP contribution in [-0.2, 0) is 4.79 Å². The highest BCUT2D eigenvalue weighted by Gasteiger charge is 2.13. The molecular weight excluding hydrogens is 435 g/mol. The summed E-state index contributed by atoms with van der Waals surface area (Å²) < 4.78 is 13.9. The zero-order valence-electron chi connectivity index (χ0n) is 18.7. The number of aromatic amines is 1. The van der Waals surface area contributed by atoms with Crippen molar-refractivity contribution in [3.05, 3.63) is 78.4 Å². The van der Waals surface area contributed by atoms with Crippen LogP contribution in [0, 0.1) is 12.7 Å². The first-order valence-corrected chi connectivity index (χ1v) is 11.0. The number of pyridine rings is 1. The molecule has 1 amide bonds. The van der Waals surface area contributed by atoms with Crippen molar-refractivity contribution in [3.8, 4) is 22.3 Å². The largest absolute Gasteiger partial charge is 0.346 e. The third-order valence-electron chi connectivity index (χ3n) is 5.30. The quantitative estimate of drug-likeness (QED) is 0.256. The zero-order valence-corrected chi connectivity index (χ0v) is 19.6. The summed E-state index contributed by atoms with van der Waals surface area (Å²) in [5.74, 6) is -0.457. The Balaban J connectivity index is 1.65. The number of hydrogen-bond donors (Lipinski definition) is 3. The van der Waals surface area contributed by atoms with E-state index in [2.05, 4.69) is 27.9 Å².